The SMILES string of the molecule is CS(=O)(=O)c1ccc(Cl)cc1-c1cc(C(=O)O)on1. The zero-order chi connectivity index (χ0) is 14.2. The summed E-state index contributed by atoms with van der Waals surface area (Å²) in [6.45, 7) is 0. The van der Waals surface area contributed by atoms with Crippen LogP contribution in [-0.2, 0) is 9.84 Å². The number of hydrogen-bond acceptors (Lipinski definition) is 5. The predicted octanol–water partition coefficient (Wildman–Crippen LogP) is 2.10. The molecule has 0 amide bonds. The van der Waals surface area contributed by atoms with Crippen molar-refractivity contribution in [3.63, 3.8) is 0 Å². The van der Waals surface area contributed by atoms with Crippen LogP contribution in [0.2, 0.25) is 5.02 Å². The zero-order valence-electron chi connectivity index (χ0n) is 9.62. The molecule has 0 saturated heterocycles. The molecule has 2 rings (SSSR count). The number of benzene rings is 1. The van der Waals surface area contributed by atoms with Gasteiger partial charge < -0.3 is 9.63 Å². The number of halogens is 1. The molecule has 1 heterocycles. The van der Waals surface area contributed by atoms with Crippen molar-refractivity contribution < 1.29 is 22.8 Å². The molecule has 19 heavy (non-hydrogen) atoms. The van der Waals surface area contributed by atoms with Crippen LogP contribution in [0.4, 0.5) is 0 Å². The van der Waals surface area contributed by atoms with Crippen LogP contribution in [0.3, 0.4) is 0 Å². The van der Waals surface area contributed by atoms with Crippen LogP contribution in [0.1, 0.15) is 10.6 Å². The Morgan fingerprint density at radius 1 is 1.37 bits per heavy atom. The summed E-state index contributed by atoms with van der Waals surface area (Å²) in [6.07, 6.45) is 1.04. The van der Waals surface area contributed by atoms with Gasteiger partial charge in [-0.1, -0.05) is 16.8 Å². The molecule has 1 aromatic carbocycles. The largest absolute Gasteiger partial charge is 0.475 e. The Balaban J connectivity index is 2.66. The summed E-state index contributed by atoms with van der Waals surface area (Å²) in [5, 5.41) is 12.6. The van der Waals surface area contributed by atoms with Gasteiger partial charge in [0.05, 0.1) is 4.90 Å². The maximum atomic E-state index is 11.7. The number of hydrogen-bond donors (Lipinski definition) is 1. The molecule has 0 aliphatic carbocycles. The molecule has 0 unspecified atom stereocenters. The van der Waals surface area contributed by atoms with E-state index >= 15 is 0 Å². The minimum absolute atomic E-state index is 0.00198. The fourth-order valence-electron chi connectivity index (χ4n) is 1.53. The second kappa shape index (κ2) is 4.67. The normalized spacial score (nSPS) is 11.5. The zero-order valence-corrected chi connectivity index (χ0v) is 11.2. The third-order valence-corrected chi connectivity index (χ3v) is 3.73. The van der Waals surface area contributed by atoms with E-state index in [-0.39, 0.29) is 21.9 Å². The quantitative estimate of drug-likeness (QED) is 0.932. The van der Waals surface area contributed by atoms with Gasteiger partial charge in [0.2, 0.25) is 5.76 Å². The summed E-state index contributed by atoms with van der Waals surface area (Å²) in [5.41, 5.74) is 0.298. The average Bonchev–Trinajstić information content (AvgIpc) is 2.76. The van der Waals surface area contributed by atoms with Crippen LogP contribution in [0.25, 0.3) is 11.3 Å². The Hall–Kier alpha value is -1.86. The standard InChI is InChI=1S/C11H8ClNO5S/c1-19(16,17)10-3-2-6(12)4-7(10)8-5-9(11(14)15)18-13-8/h2-5H,1H3,(H,14,15). The van der Waals surface area contributed by atoms with Gasteiger partial charge >= 0.3 is 5.97 Å². The topological polar surface area (TPSA) is 97.5 Å². The first-order chi connectivity index (χ1) is 8.79. The molecule has 1 N–H and O–H groups in total. The summed E-state index contributed by atoms with van der Waals surface area (Å²) < 4.78 is 27.9. The third kappa shape index (κ3) is 2.77. The smallest absolute Gasteiger partial charge is 0.374 e. The van der Waals surface area contributed by atoms with Crippen molar-refractivity contribution >= 4 is 27.4 Å². The van der Waals surface area contributed by atoms with E-state index in [2.05, 4.69) is 9.68 Å². The van der Waals surface area contributed by atoms with Gasteiger partial charge in [-0.15, -0.1) is 0 Å². The van der Waals surface area contributed by atoms with Gasteiger partial charge in [-0.25, -0.2) is 13.2 Å². The number of nitrogens with zero attached hydrogens (tertiary/aromatic N) is 1. The van der Waals surface area contributed by atoms with E-state index in [1.54, 1.807) is 0 Å². The fraction of sp³-hybridized carbons (Fsp3) is 0.0909. The first kappa shape index (κ1) is 13.6. The molecule has 8 heteroatoms. The van der Waals surface area contributed by atoms with Crippen LogP contribution in [0, 0.1) is 0 Å². The maximum absolute atomic E-state index is 11.7. The van der Waals surface area contributed by atoms with Gasteiger partial charge in [-0.2, -0.15) is 0 Å². The number of sulfone groups is 1. The molecule has 0 atom stereocenters. The Bertz CT molecular complexity index is 750. The third-order valence-electron chi connectivity index (χ3n) is 2.34. The van der Waals surface area contributed by atoms with E-state index in [0.29, 0.717) is 5.02 Å². The molecule has 0 fully saturated rings. The van der Waals surface area contributed by atoms with E-state index in [1.165, 1.54) is 18.2 Å². The Kier molecular flexibility index (Phi) is 3.34. The lowest BCUT2D eigenvalue weighted by atomic mass is 10.1. The van der Waals surface area contributed by atoms with E-state index in [0.717, 1.165) is 12.3 Å². The minimum Gasteiger partial charge on any atom is -0.475 e. The Morgan fingerprint density at radius 2 is 2.05 bits per heavy atom. The number of carboxylic acids is 1. The van der Waals surface area contributed by atoms with Crippen molar-refractivity contribution in [3.8, 4) is 11.3 Å². The van der Waals surface area contributed by atoms with Crippen molar-refractivity contribution in [2.45, 2.75) is 4.90 Å². The van der Waals surface area contributed by atoms with Crippen LogP contribution in [0.15, 0.2) is 33.7 Å². The molecule has 2 aromatic rings. The molecule has 1 aromatic heterocycles. The Labute approximate surface area is 113 Å². The van der Waals surface area contributed by atoms with E-state index in [9.17, 15) is 13.2 Å². The number of aromatic carboxylic acids is 1. The van der Waals surface area contributed by atoms with Gasteiger partial charge in [0.15, 0.2) is 9.84 Å². The molecule has 0 radical (unpaired) electrons. The summed E-state index contributed by atoms with van der Waals surface area (Å²) in [6, 6.07) is 5.30. The highest BCUT2D eigenvalue weighted by atomic mass is 35.5. The highest BCUT2D eigenvalue weighted by molar-refractivity contribution is 7.90. The van der Waals surface area contributed by atoms with Crippen molar-refractivity contribution in [1.29, 1.82) is 0 Å². The van der Waals surface area contributed by atoms with Gasteiger partial charge in [0.25, 0.3) is 0 Å². The fourth-order valence-corrected chi connectivity index (χ4v) is 2.58. The van der Waals surface area contributed by atoms with Crippen molar-refractivity contribution in [2.75, 3.05) is 6.26 Å². The second-order valence-electron chi connectivity index (χ2n) is 3.79. The lowest BCUT2D eigenvalue weighted by molar-refractivity contribution is 0.0652. The Morgan fingerprint density at radius 3 is 2.58 bits per heavy atom. The molecule has 0 aliphatic rings. The van der Waals surface area contributed by atoms with E-state index in [1.807, 2.05) is 0 Å². The molecule has 6 nitrogen and oxygen atoms in total. The van der Waals surface area contributed by atoms with Crippen molar-refractivity contribution in [3.05, 3.63) is 35.0 Å². The number of carboxylic acid groups (broad SMARTS) is 1. The number of carbonyl (C=O) groups is 1. The van der Waals surface area contributed by atoms with Crippen LogP contribution >= 0.6 is 11.6 Å². The van der Waals surface area contributed by atoms with E-state index < -0.39 is 15.8 Å². The van der Waals surface area contributed by atoms with Gasteiger partial charge in [0, 0.05) is 22.9 Å². The lowest BCUT2D eigenvalue weighted by Gasteiger charge is -2.05. The summed E-state index contributed by atoms with van der Waals surface area (Å²) >= 11 is 5.82. The van der Waals surface area contributed by atoms with Crippen molar-refractivity contribution in [1.82, 2.24) is 5.16 Å². The maximum Gasteiger partial charge on any atom is 0.374 e. The number of rotatable bonds is 3. The molecule has 0 bridgehead atoms. The summed E-state index contributed by atoms with van der Waals surface area (Å²) in [5.74, 6) is -1.67. The molecular weight excluding hydrogens is 294 g/mol. The van der Waals surface area contributed by atoms with Gasteiger partial charge in [-0.05, 0) is 18.2 Å². The summed E-state index contributed by atoms with van der Waals surface area (Å²) in [4.78, 5) is 10.7. The van der Waals surface area contributed by atoms with Gasteiger partial charge in [-0.3, -0.25) is 0 Å². The lowest BCUT2D eigenvalue weighted by Crippen LogP contribution is -2.00. The molecule has 100 valence electrons. The van der Waals surface area contributed by atoms with Crippen LogP contribution < -0.4 is 0 Å². The minimum atomic E-state index is -3.50. The first-order valence-corrected chi connectivity index (χ1v) is 7.26. The van der Waals surface area contributed by atoms with Crippen LogP contribution in [0.5, 0.6) is 0 Å². The second-order valence-corrected chi connectivity index (χ2v) is 6.21. The average molecular weight is 302 g/mol. The molecular formula is C11H8ClNO5S. The first-order valence-electron chi connectivity index (χ1n) is 4.99. The highest BCUT2D eigenvalue weighted by Crippen LogP contribution is 2.29. The number of aromatic nitrogens is 1. The predicted molar refractivity (Wildman–Crippen MR) is 67.0 cm³/mol. The van der Waals surface area contributed by atoms with Crippen LogP contribution in [-0.4, -0.2) is 30.9 Å². The molecule has 0 spiro atoms. The summed E-state index contributed by atoms with van der Waals surface area (Å²) in [7, 11) is -3.50. The van der Waals surface area contributed by atoms with Crippen molar-refractivity contribution in [2.24, 2.45) is 0 Å². The molecule has 0 aliphatic heterocycles. The van der Waals surface area contributed by atoms with Gasteiger partial charge in [0.1, 0.15) is 5.69 Å². The molecule has 0 saturated carbocycles. The van der Waals surface area contributed by atoms with E-state index in [4.69, 9.17) is 16.7 Å². The monoisotopic (exact) mass is 301 g/mol. The highest BCUT2D eigenvalue weighted by Gasteiger charge is 2.19.